The molecule has 0 aliphatic heterocycles. The van der Waals surface area contributed by atoms with E-state index in [4.69, 9.17) is 9.15 Å². The molecular weight excluding hydrogens is 302 g/mol. The van der Waals surface area contributed by atoms with E-state index in [1.807, 2.05) is 18.2 Å². The smallest absolute Gasteiger partial charge is 0.191 e. The fourth-order valence-electron chi connectivity index (χ4n) is 2.30. The molecule has 0 aliphatic rings. The summed E-state index contributed by atoms with van der Waals surface area (Å²) in [6.45, 7) is 3.11. The number of rotatable bonds is 10. The van der Waals surface area contributed by atoms with Crippen molar-refractivity contribution in [2.45, 2.75) is 19.3 Å². The number of methoxy groups -OCH3 is 1. The topological polar surface area (TPSA) is 58.8 Å². The largest absolute Gasteiger partial charge is 0.469 e. The average molecular weight is 329 g/mol. The highest BCUT2D eigenvalue weighted by molar-refractivity contribution is 5.79. The summed E-state index contributed by atoms with van der Waals surface area (Å²) in [6.07, 6.45) is 4.43. The molecule has 1 aromatic carbocycles. The minimum absolute atomic E-state index is 0.729. The van der Waals surface area contributed by atoms with Crippen LogP contribution in [-0.2, 0) is 17.6 Å². The first-order valence-electron chi connectivity index (χ1n) is 8.46. The summed E-state index contributed by atoms with van der Waals surface area (Å²) >= 11 is 0. The number of hydrogen-bond donors (Lipinski definition) is 2. The third-order valence-electron chi connectivity index (χ3n) is 3.57. The minimum atomic E-state index is 0.729. The van der Waals surface area contributed by atoms with Gasteiger partial charge in [0, 0.05) is 39.8 Å². The molecule has 0 bridgehead atoms. The fourth-order valence-corrected chi connectivity index (χ4v) is 2.30. The molecule has 0 saturated heterocycles. The molecule has 0 unspecified atom stereocenters. The third kappa shape index (κ3) is 7.33. The summed E-state index contributed by atoms with van der Waals surface area (Å²) in [4.78, 5) is 4.60. The monoisotopic (exact) mass is 329 g/mol. The standard InChI is InChI=1S/C19H27N3O2/c1-23-15-6-12-20-19(22-14-11-18-9-5-16-24-18)21-13-10-17-7-3-2-4-8-17/h2-5,7-9,16H,6,10-15H2,1H3,(H2,20,21,22). The SMILES string of the molecule is COCCCN=C(NCCc1ccccc1)NCCc1ccco1. The quantitative estimate of drug-likeness (QED) is 0.400. The zero-order valence-electron chi connectivity index (χ0n) is 14.3. The van der Waals surface area contributed by atoms with Crippen LogP contribution in [0.3, 0.4) is 0 Å². The number of guanidine groups is 1. The van der Waals surface area contributed by atoms with E-state index in [0.717, 1.165) is 57.2 Å². The van der Waals surface area contributed by atoms with E-state index >= 15 is 0 Å². The van der Waals surface area contributed by atoms with Gasteiger partial charge in [0.15, 0.2) is 5.96 Å². The van der Waals surface area contributed by atoms with E-state index in [1.54, 1.807) is 13.4 Å². The van der Waals surface area contributed by atoms with Gasteiger partial charge in [-0.25, -0.2) is 0 Å². The molecule has 1 heterocycles. The second-order valence-corrected chi connectivity index (χ2v) is 5.50. The van der Waals surface area contributed by atoms with E-state index < -0.39 is 0 Å². The normalized spacial score (nSPS) is 11.5. The van der Waals surface area contributed by atoms with Crippen LogP contribution in [0.15, 0.2) is 58.1 Å². The number of furan rings is 1. The van der Waals surface area contributed by atoms with Gasteiger partial charge in [0.05, 0.1) is 6.26 Å². The number of ether oxygens (including phenoxy) is 1. The fraction of sp³-hybridized carbons (Fsp3) is 0.421. The molecule has 0 amide bonds. The Hall–Kier alpha value is -2.27. The molecule has 5 heteroatoms. The highest BCUT2D eigenvalue weighted by Crippen LogP contribution is 2.00. The minimum Gasteiger partial charge on any atom is -0.469 e. The lowest BCUT2D eigenvalue weighted by molar-refractivity contribution is 0.197. The predicted octanol–water partition coefficient (Wildman–Crippen LogP) is 2.64. The maximum Gasteiger partial charge on any atom is 0.191 e. The van der Waals surface area contributed by atoms with Gasteiger partial charge in [-0.05, 0) is 30.5 Å². The Morgan fingerprint density at radius 2 is 1.83 bits per heavy atom. The van der Waals surface area contributed by atoms with Gasteiger partial charge in [0.2, 0.25) is 0 Å². The molecule has 0 radical (unpaired) electrons. The van der Waals surface area contributed by atoms with Crippen LogP contribution in [0, 0.1) is 0 Å². The lowest BCUT2D eigenvalue weighted by atomic mass is 10.1. The van der Waals surface area contributed by atoms with Crippen LogP contribution in [0.4, 0.5) is 0 Å². The highest BCUT2D eigenvalue weighted by atomic mass is 16.5. The number of nitrogens with zero attached hydrogens (tertiary/aromatic N) is 1. The van der Waals surface area contributed by atoms with Crippen LogP contribution < -0.4 is 10.6 Å². The van der Waals surface area contributed by atoms with Gasteiger partial charge >= 0.3 is 0 Å². The molecule has 2 aromatic rings. The van der Waals surface area contributed by atoms with E-state index in [2.05, 4.69) is 39.9 Å². The second-order valence-electron chi connectivity index (χ2n) is 5.50. The summed E-state index contributed by atoms with van der Waals surface area (Å²) in [5.41, 5.74) is 1.32. The predicted molar refractivity (Wildman–Crippen MR) is 97.4 cm³/mol. The lowest BCUT2D eigenvalue weighted by Gasteiger charge is -2.12. The number of nitrogens with one attached hydrogen (secondary N) is 2. The zero-order valence-corrected chi connectivity index (χ0v) is 14.3. The molecular formula is C19H27N3O2. The van der Waals surface area contributed by atoms with E-state index in [0.29, 0.717) is 0 Å². The molecule has 130 valence electrons. The van der Waals surface area contributed by atoms with Crippen LogP contribution in [-0.4, -0.2) is 39.3 Å². The van der Waals surface area contributed by atoms with Gasteiger partial charge in [-0.2, -0.15) is 0 Å². The highest BCUT2D eigenvalue weighted by Gasteiger charge is 2.00. The van der Waals surface area contributed by atoms with Crippen LogP contribution in [0.1, 0.15) is 17.7 Å². The molecule has 24 heavy (non-hydrogen) atoms. The zero-order chi connectivity index (χ0) is 16.9. The Kier molecular flexibility index (Phi) is 8.51. The molecule has 2 N–H and O–H groups in total. The van der Waals surface area contributed by atoms with Crippen molar-refractivity contribution in [2.24, 2.45) is 4.99 Å². The summed E-state index contributed by atoms with van der Waals surface area (Å²) in [5, 5.41) is 6.75. The van der Waals surface area contributed by atoms with Crippen molar-refractivity contribution >= 4 is 5.96 Å². The summed E-state index contributed by atoms with van der Waals surface area (Å²) < 4.78 is 10.4. The van der Waals surface area contributed by atoms with Gasteiger partial charge in [-0.15, -0.1) is 0 Å². The first-order chi connectivity index (χ1) is 11.9. The first-order valence-corrected chi connectivity index (χ1v) is 8.46. The summed E-state index contributed by atoms with van der Waals surface area (Å²) in [5.74, 6) is 1.82. The average Bonchev–Trinajstić information content (AvgIpc) is 3.12. The van der Waals surface area contributed by atoms with Gasteiger partial charge in [0.1, 0.15) is 5.76 Å². The van der Waals surface area contributed by atoms with Crippen molar-refractivity contribution < 1.29 is 9.15 Å². The summed E-state index contributed by atoms with van der Waals surface area (Å²) in [7, 11) is 1.71. The third-order valence-corrected chi connectivity index (χ3v) is 3.57. The van der Waals surface area contributed by atoms with Crippen LogP contribution in [0.5, 0.6) is 0 Å². The number of aliphatic imine (C=N–C) groups is 1. The number of benzene rings is 1. The Labute approximate surface area is 144 Å². The maximum absolute atomic E-state index is 5.35. The van der Waals surface area contributed by atoms with E-state index in [-0.39, 0.29) is 0 Å². The van der Waals surface area contributed by atoms with Crippen LogP contribution in [0.25, 0.3) is 0 Å². The Balaban J connectivity index is 1.75. The van der Waals surface area contributed by atoms with Crippen LogP contribution in [0.2, 0.25) is 0 Å². The van der Waals surface area contributed by atoms with Crippen molar-refractivity contribution in [3.63, 3.8) is 0 Å². The van der Waals surface area contributed by atoms with Crippen LogP contribution >= 0.6 is 0 Å². The first kappa shape index (κ1) is 18.1. The van der Waals surface area contributed by atoms with Gasteiger partial charge in [0.25, 0.3) is 0 Å². The van der Waals surface area contributed by atoms with E-state index in [1.165, 1.54) is 5.56 Å². The molecule has 1 aromatic heterocycles. The number of hydrogen-bond acceptors (Lipinski definition) is 3. The molecule has 0 atom stereocenters. The lowest BCUT2D eigenvalue weighted by Crippen LogP contribution is -2.39. The molecule has 5 nitrogen and oxygen atoms in total. The molecule has 0 saturated carbocycles. The Morgan fingerprint density at radius 3 is 2.54 bits per heavy atom. The van der Waals surface area contributed by atoms with Crippen molar-refractivity contribution in [1.82, 2.24) is 10.6 Å². The van der Waals surface area contributed by atoms with Gasteiger partial charge in [-0.1, -0.05) is 30.3 Å². The van der Waals surface area contributed by atoms with Crippen molar-refractivity contribution in [1.29, 1.82) is 0 Å². The van der Waals surface area contributed by atoms with Crippen molar-refractivity contribution in [3.05, 3.63) is 60.1 Å². The van der Waals surface area contributed by atoms with E-state index in [9.17, 15) is 0 Å². The van der Waals surface area contributed by atoms with Gasteiger partial charge in [-0.3, -0.25) is 4.99 Å². The molecule has 0 fully saturated rings. The summed E-state index contributed by atoms with van der Waals surface area (Å²) in [6, 6.07) is 14.3. The molecule has 0 aliphatic carbocycles. The Morgan fingerprint density at radius 1 is 1.04 bits per heavy atom. The van der Waals surface area contributed by atoms with Gasteiger partial charge < -0.3 is 19.8 Å². The Bertz CT molecular complexity index is 568. The second kappa shape index (κ2) is 11.3. The van der Waals surface area contributed by atoms with Crippen molar-refractivity contribution in [2.75, 3.05) is 33.4 Å². The maximum atomic E-state index is 5.35. The van der Waals surface area contributed by atoms with Crippen molar-refractivity contribution in [3.8, 4) is 0 Å². The molecule has 2 rings (SSSR count). The molecule has 0 spiro atoms.